The lowest BCUT2D eigenvalue weighted by atomic mass is 10.0. The van der Waals surface area contributed by atoms with Crippen LogP contribution in [-0.2, 0) is 0 Å². The molecule has 2 rings (SSSR count). The molecule has 0 spiro atoms. The van der Waals surface area contributed by atoms with Crippen molar-refractivity contribution in [1.82, 2.24) is 10.3 Å². The Kier molecular flexibility index (Phi) is 2.80. The summed E-state index contributed by atoms with van der Waals surface area (Å²) in [6, 6.07) is 7.67. The normalized spacial score (nSPS) is 19.2. The zero-order valence-corrected chi connectivity index (χ0v) is 9.70. The fraction of sp³-hybridized carbons (Fsp3) is 0.500. The van der Waals surface area contributed by atoms with Gasteiger partial charge in [-0.3, -0.25) is 0 Å². The molecular weight excluding hydrogens is 200 g/mol. The Bertz CT molecular complexity index is 419. The van der Waals surface area contributed by atoms with Crippen LogP contribution in [0.5, 0.6) is 0 Å². The summed E-state index contributed by atoms with van der Waals surface area (Å²) in [5.74, 6) is 0.894. The molecule has 4 heteroatoms. The van der Waals surface area contributed by atoms with E-state index in [1.165, 1.54) is 0 Å². The van der Waals surface area contributed by atoms with Gasteiger partial charge >= 0.3 is 0 Å². The number of anilines is 1. The van der Waals surface area contributed by atoms with Crippen LogP contribution in [0.25, 0.3) is 0 Å². The summed E-state index contributed by atoms with van der Waals surface area (Å²) in [6.07, 6.45) is 0. The highest BCUT2D eigenvalue weighted by Gasteiger charge is 2.30. The minimum absolute atomic E-state index is 0.0410. The second-order valence-corrected chi connectivity index (χ2v) is 4.63. The standard InChI is InChI=1S/C12H16N4/c1-12(2)9-14-6-7-16(12)11-5-3-4-10(8-13)15-11/h3-5,14H,6-7,9H2,1-2H3. The van der Waals surface area contributed by atoms with Gasteiger partial charge in [0.25, 0.3) is 0 Å². The van der Waals surface area contributed by atoms with Crippen LogP contribution in [0.3, 0.4) is 0 Å². The van der Waals surface area contributed by atoms with Gasteiger partial charge in [-0.05, 0) is 26.0 Å². The van der Waals surface area contributed by atoms with Gasteiger partial charge in [0.2, 0.25) is 0 Å². The molecule has 1 aliphatic heterocycles. The summed E-state index contributed by atoms with van der Waals surface area (Å²) in [5.41, 5.74) is 0.520. The van der Waals surface area contributed by atoms with Gasteiger partial charge in [0.15, 0.2) is 0 Å². The summed E-state index contributed by atoms with van der Waals surface area (Å²) in [6.45, 7) is 7.18. The van der Waals surface area contributed by atoms with Gasteiger partial charge in [0.1, 0.15) is 17.6 Å². The number of nitrogens with one attached hydrogen (secondary N) is 1. The van der Waals surface area contributed by atoms with Gasteiger partial charge in [0, 0.05) is 25.2 Å². The number of nitriles is 1. The van der Waals surface area contributed by atoms with Crippen LogP contribution >= 0.6 is 0 Å². The SMILES string of the molecule is CC1(C)CNCCN1c1cccc(C#N)n1. The van der Waals surface area contributed by atoms with E-state index in [0.29, 0.717) is 5.69 Å². The van der Waals surface area contributed by atoms with Gasteiger partial charge in [-0.25, -0.2) is 4.98 Å². The van der Waals surface area contributed by atoms with Crippen LogP contribution < -0.4 is 10.2 Å². The predicted molar refractivity (Wildman–Crippen MR) is 63.2 cm³/mol. The molecule has 0 saturated carbocycles. The Morgan fingerprint density at radius 1 is 1.50 bits per heavy atom. The van der Waals surface area contributed by atoms with Crippen LogP contribution in [0.4, 0.5) is 5.82 Å². The summed E-state index contributed by atoms with van der Waals surface area (Å²) >= 11 is 0. The van der Waals surface area contributed by atoms with E-state index >= 15 is 0 Å². The molecule has 16 heavy (non-hydrogen) atoms. The first-order valence-corrected chi connectivity index (χ1v) is 5.49. The van der Waals surface area contributed by atoms with Crippen LogP contribution in [0.1, 0.15) is 19.5 Å². The first-order chi connectivity index (χ1) is 7.63. The highest BCUT2D eigenvalue weighted by Crippen LogP contribution is 2.23. The van der Waals surface area contributed by atoms with Crippen molar-refractivity contribution < 1.29 is 0 Å². The third kappa shape index (κ3) is 2.00. The van der Waals surface area contributed by atoms with Crippen LogP contribution in [0, 0.1) is 11.3 Å². The third-order valence-electron chi connectivity index (χ3n) is 2.93. The first-order valence-electron chi connectivity index (χ1n) is 5.49. The van der Waals surface area contributed by atoms with E-state index in [-0.39, 0.29) is 5.54 Å². The zero-order chi connectivity index (χ0) is 11.6. The molecule has 1 saturated heterocycles. The van der Waals surface area contributed by atoms with Crippen LogP contribution in [0.15, 0.2) is 18.2 Å². The molecule has 2 heterocycles. The molecule has 0 atom stereocenters. The predicted octanol–water partition coefficient (Wildman–Crippen LogP) is 1.14. The molecule has 0 unspecified atom stereocenters. The van der Waals surface area contributed by atoms with E-state index in [1.54, 1.807) is 6.07 Å². The van der Waals surface area contributed by atoms with Gasteiger partial charge < -0.3 is 10.2 Å². The largest absolute Gasteiger partial charge is 0.349 e. The molecule has 0 aliphatic carbocycles. The first kappa shape index (κ1) is 10.9. The second-order valence-electron chi connectivity index (χ2n) is 4.63. The number of rotatable bonds is 1. The zero-order valence-electron chi connectivity index (χ0n) is 9.70. The van der Waals surface area contributed by atoms with Crippen molar-refractivity contribution in [2.24, 2.45) is 0 Å². The molecule has 1 aromatic rings. The fourth-order valence-electron chi connectivity index (χ4n) is 2.04. The van der Waals surface area contributed by atoms with E-state index in [1.807, 2.05) is 12.1 Å². The average Bonchev–Trinajstić information content (AvgIpc) is 2.28. The topological polar surface area (TPSA) is 52.0 Å². The van der Waals surface area contributed by atoms with E-state index in [4.69, 9.17) is 5.26 Å². The lowest BCUT2D eigenvalue weighted by Gasteiger charge is -2.43. The fourth-order valence-corrected chi connectivity index (χ4v) is 2.04. The lowest BCUT2D eigenvalue weighted by Crippen LogP contribution is -2.58. The van der Waals surface area contributed by atoms with Crippen molar-refractivity contribution in [3.63, 3.8) is 0 Å². The quantitative estimate of drug-likeness (QED) is 0.765. The Labute approximate surface area is 95.9 Å². The number of piperazine rings is 1. The molecular formula is C12H16N4. The van der Waals surface area contributed by atoms with E-state index < -0.39 is 0 Å². The van der Waals surface area contributed by atoms with Gasteiger partial charge in [0.05, 0.1) is 0 Å². The molecule has 1 N–H and O–H groups in total. The second kappa shape index (κ2) is 4.11. The molecule has 1 fully saturated rings. The molecule has 0 bridgehead atoms. The van der Waals surface area contributed by atoms with E-state index in [0.717, 1.165) is 25.5 Å². The summed E-state index contributed by atoms with van der Waals surface area (Å²) in [7, 11) is 0. The Morgan fingerprint density at radius 3 is 3.00 bits per heavy atom. The van der Waals surface area contributed by atoms with Crippen molar-refractivity contribution >= 4 is 5.82 Å². The molecule has 84 valence electrons. The van der Waals surface area contributed by atoms with Gasteiger partial charge in [-0.2, -0.15) is 5.26 Å². The molecule has 1 aliphatic rings. The van der Waals surface area contributed by atoms with Crippen molar-refractivity contribution in [3.8, 4) is 6.07 Å². The number of hydrogen-bond acceptors (Lipinski definition) is 4. The molecule has 1 aromatic heterocycles. The molecule has 4 nitrogen and oxygen atoms in total. The minimum Gasteiger partial charge on any atom is -0.349 e. The highest BCUT2D eigenvalue weighted by atomic mass is 15.3. The Hall–Kier alpha value is -1.60. The van der Waals surface area contributed by atoms with Gasteiger partial charge in [-0.15, -0.1) is 0 Å². The number of nitrogens with zero attached hydrogens (tertiary/aromatic N) is 3. The van der Waals surface area contributed by atoms with Crippen molar-refractivity contribution in [1.29, 1.82) is 5.26 Å². The monoisotopic (exact) mass is 216 g/mol. The van der Waals surface area contributed by atoms with Crippen molar-refractivity contribution in [2.45, 2.75) is 19.4 Å². The number of pyridine rings is 1. The highest BCUT2D eigenvalue weighted by molar-refractivity contribution is 5.45. The minimum atomic E-state index is 0.0410. The van der Waals surface area contributed by atoms with E-state index in [9.17, 15) is 0 Å². The number of hydrogen-bond donors (Lipinski definition) is 1. The molecule has 0 aromatic carbocycles. The Morgan fingerprint density at radius 2 is 2.31 bits per heavy atom. The Balaban J connectivity index is 2.32. The van der Waals surface area contributed by atoms with Crippen LogP contribution in [0.2, 0.25) is 0 Å². The number of aromatic nitrogens is 1. The lowest BCUT2D eigenvalue weighted by molar-refractivity contribution is 0.378. The summed E-state index contributed by atoms with van der Waals surface area (Å²) < 4.78 is 0. The van der Waals surface area contributed by atoms with Gasteiger partial charge in [-0.1, -0.05) is 6.07 Å². The maximum atomic E-state index is 8.85. The van der Waals surface area contributed by atoms with Crippen molar-refractivity contribution in [3.05, 3.63) is 23.9 Å². The summed E-state index contributed by atoms with van der Waals surface area (Å²) in [4.78, 5) is 6.60. The van der Waals surface area contributed by atoms with Crippen molar-refractivity contribution in [2.75, 3.05) is 24.5 Å². The maximum absolute atomic E-state index is 8.85. The van der Waals surface area contributed by atoms with Crippen LogP contribution in [-0.4, -0.2) is 30.2 Å². The molecule has 0 amide bonds. The third-order valence-corrected chi connectivity index (χ3v) is 2.93. The maximum Gasteiger partial charge on any atom is 0.142 e. The summed E-state index contributed by atoms with van der Waals surface area (Å²) in [5, 5.41) is 12.2. The molecule has 0 radical (unpaired) electrons. The smallest absolute Gasteiger partial charge is 0.142 e. The average molecular weight is 216 g/mol. The van der Waals surface area contributed by atoms with E-state index in [2.05, 4.69) is 35.1 Å².